The van der Waals surface area contributed by atoms with Crippen molar-refractivity contribution in [2.75, 3.05) is 11.3 Å². The van der Waals surface area contributed by atoms with Gasteiger partial charge in [-0.05, 0) is 55.9 Å². The fraction of sp³-hybridized carbons (Fsp3) is 0.452. The van der Waals surface area contributed by atoms with Crippen molar-refractivity contribution >= 4 is 39.2 Å². The van der Waals surface area contributed by atoms with Gasteiger partial charge >= 0.3 is 0 Å². The number of nitrogens with zero attached hydrogens (tertiary/aromatic N) is 3. The number of unbranched alkanes of at least 4 members (excludes halogenated alkanes) is 1. The fourth-order valence-corrected chi connectivity index (χ4v) is 6.89. The molecule has 0 unspecified atom stereocenters. The summed E-state index contributed by atoms with van der Waals surface area (Å²) in [6.45, 7) is 3.77. The smallest absolute Gasteiger partial charge is 0.263 e. The summed E-state index contributed by atoms with van der Waals surface area (Å²) in [5.41, 5.74) is 0.870. The number of anilines is 1. The van der Waals surface area contributed by atoms with Crippen LogP contribution in [0.5, 0.6) is 0 Å². The predicted molar refractivity (Wildman–Crippen MR) is 163 cm³/mol. The molecule has 224 valence electrons. The van der Waals surface area contributed by atoms with Gasteiger partial charge in [0.25, 0.3) is 15.9 Å². The summed E-state index contributed by atoms with van der Waals surface area (Å²) in [7, 11) is -4.17. The third kappa shape index (κ3) is 5.98. The summed E-state index contributed by atoms with van der Waals surface area (Å²) in [4.78, 5) is 19.9. The van der Waals surface area contributed by atoms with E-state index in [9.17, 15) is 16.0 Å². The molecule has 11 heteroatoms. The maximum Gasteiger partial charge on any atom is 0.263 e. The summed E-state index contributed by atoms with van der Waals surface area (Å²) in [6, 6.07) is 11.4. The van der Waals surface area contributed by atoms with Crippen LogP contribution in [0.25, 0.3) is 11.1 Å². The number of benzene rings is 2. The van der Waals surface area contributed by atoms with E-state index in [1.165, 1.54) is 11.0 Å². The molecule has 0 bridgehead atoms. The van der Waals surface area contributed by atoms with Crippen molar-refractivity contribution in [1.82, 2.24) is 10.1 Å². The van der Waals surface area contributed by atoms with Gasteiger partial charge in [0.1, 0.15) is 16.4 Å². The molecule has 2 heterocycles. The van der Waals surface area contributed by atoms with Gasteiger partial charge in [0.15, 0.2) is 5.76 Å². The van der Waals surface area contributed by atoms with E-state index in [0.717, 1.165) is 25.7 Å². The number of amidine groups is 1. The molecule has 1 aliphatic heterocycles. The number of carbonyl (C=O) groups excluding carboxylic acids is 1. The van der Waals surface area contributed by atoms with Crippen LogP contribution in [0.4, 0.5) is 5.82 Å². The second kappa shape index (κ2) is 12.6. The molecule has 0 atom stereocenters. The Hall–Kier alpha value is -3.21. The average Bonchev–Trinajstić information content (AvgIpc) is 3.69. The van der Waals surface area contributed by atoms with E-state index in [1.54, 1.807) is 43.3 Å². The molecule has 1 amide bonds. The molecule has 1 fully saturated rings. The molecular weight excluding hydrogens is 576 g/mol. The quantitative estimate of drug-likeness (QED) is 0.238. The Morgan fingerprint density at radius 3 is 2.62 bits per heavy atom. The van der Waals surface area contributed by atoms with Crippen LogP contribution >= 0.6 is 11.6 Å². The number of ether oxygens (including phenoxy) is 1. The van der Waals surface area contributed by atoms with Crippen molar-refractivity contribution in [3.05, 3.63) is 64.4 Å². The standard InChI is InChI=1S/C31H37ClN4O5S/c1-4-6-13-27-33-31(16-9-10-17-31)30(37)36(27)19-22-14-15-24(23(18-22)20-40-5-2)25-11-7-8-12-26(25)42(38,39)35-29-28(32)21(3)41-34-29/h7-8,11-12,14-15,18H,4-6,9-10,13,16-17,19-20H2,1-3H3,(H,34,35)/i19D2. The minimum atomic E-state index is -4.17. The number of aryl methyl sites for hydroxylation is 1. The van der Waals surface area contributed by atoms with E-state index < -0.39 is 22.1 Å². The predicted octanol–water partition coefficient (Wildman–Crippen LogP) is 6.88. The highest BCUT2D eigenvalue weighted by molar-refractivity contribution is 7.92. The normalized spacial score (nSPS) is 17.5. The van der Waals surface area contributed by atoms with Gasteiger partial charge < -0.3 is 9.26 Å². The number of sulfonamides is 1. The van der Waals surface area contributed by atoms with E-state index in [1.807, 2.05) is 6.92 Å². The molecular formula is C31H37ClN4O5S. The molecule has 9 nitrogen and oxygen atoms in total. The van der Waals surface area contributed by atoms with Crippen LogP contribution in [0.2, 0.25) is 5.02 Å². The van der Waals surface area contributed by atoms with Crippen molar-refractivity contribution in [3.8, 4) is 11.1 Å². The lowest BCUT2D eigenvalue weighted by Gasteiger charge is -2.23. The molecule has 1 spiro atoms. The van der Waals surface area contributed by atoms with Crippen molar-refractivity contribution < 1.29 is 25.2 Å². The topological polar surface area (TPSA) is 114 Å². The van der Waals surface area contributed by atoms with Crippen LogP contribution in [0.1, 0.15) is 78.4 Å². The Balaban J connectivity index is 1.56. The number of hydrogen-bond acceptors (Lipinski definition) is 7. The average molecular weight is 615 g/mol. The molecule has 5 rings (SSSR count). The number of halogens is 1. The van der Waals surface area contributed by atoms with Gasteiger partial charge in [-0.2, -0.15) is 0 Å². The zero-order valence-corrected chi connectivity index (χ0v) is 25.6. The molecule has 0 radical (unpaired) electrons. The maximum atomic E-state index is 13.9. The Labute approximate surface area is 255 Å². The Morgan fingerprint density at radius 1 is 1.17 bits per heavy atom. The summed E-state index contributed by atoms with van der Waals surface area (Å²) in [6.07, 6.45) is 5.23. The first-order valence-electron chi connectivity index (χ1n) is 15.3. The number of aliphatic imine (C=N–C) groups is 1. The number of nitrogens with one attached hydrogen (secondary N) is 1. The number of aromatic nitrogens is 1. The number of rotatable bonds is 12. The third-order valence-corrected chi connectivity index (χ3v) is 9.53. The third-order valence-electron chi connectivity index (χ3n) is 7.68. The number of amides is 1. The van der Waals surface area contributed by atoms with E-state index in [2.05, 4.69) is 16.8 Å². The van der Waals surface area contributed by atoms with Gasteiger partial charge in [-0.15, -0.1) is 0 Å². The number of hydrogen-bond donors (Lipinski definition) is 1. The van der Waals surface area contributed by atoms with Crippen LogP contribution in [0.15, 0.2) is 56.9 Å². The Bertz CT molecular complexity index is 1690. The molecule has 2 aliphatic rings. The first-order chi connectivity index (χ1) is 20.9. The van der Waals surface area contributed by atoms with E-state index in [4.69, 9.17) is 25.9 Å². The van der Waals surface area contributed by atoms with E-state index in [-0.39, 0.29) is 39.6 Å². The second-order valence-corrected chi connectivity index (χ2v) is 12.7. The van der Waals surface area contributed by atoms with Gasteiger partial charge in [0.2, 0.25) is 5.82 Å². The Morgan fingerprint density at radius 2 is 1.93 bits per heavy atom. The largest absolute Gasteiger partial charge is 0.377 e. The summed E-state index contributed by atoms with van der Waals surface area (Å²) in [5.74, 6) is 0.363. The zero-order chi connectivity index (χ0) is 31.7. The molecule has 1 aromatic heterocycles. The highest BCUT2D eigenvalue weighted by Crippen LogP contribution is 2.40. The van der Waals surface area contributed by atoms with Crippen LogP contribution < -0.4 is 4.72 Å². The highest BCUT2D eigenvalue weighted by atomic mass is 35.5. The van der Waals surface area contributed by atoms with Gasteiger partial charge in [-0.1, -0.05) is 79.3 Å². The molecule has 2 aromatic carbocycles. The lowest BCUT2D eigenvalue weighted by atomic mass is 9.96. The van der Waals surface area contributed by atoms with Gasteiger partial charge in [0, 0.05) is 18.6 Å². The van der Waals surface area contributed by atoms with E-state index >= 15 is 0 Å². The first kappa shape index (κ1) is 27.6. The highest BCUT2D eigenvalue weighted by Gasteiger charge is 2.49. The van der Waals surface area contributed by atoms with Crippen molar-refractivity contribution in [2.45, 2.75) is 89.3 Å². The van der Waals surface area contributed by atoms with Crippen LogP contribution in [-0.4, -0.2) is 42.4 Å². The van der Waals surface area contributed by atoms with E-state index in [0.29, 0.717) is 48.4 Å². The summed E-state index contributed by atoms with van der Waals surface area (Å²) in [5, 5.41) is 3.78. The van der Waals surface area contributed by atoms with Crippen LogP contribution in [0.3, 0.4) is 0 Å². The molecule has 1 saturated carbocycles. The lowest BCUT2D eigenvalue weighted by Crippen LogP contribution is -2.40. The number of carbonyl (C=O) groups is 1. The minimum Gasteiger partial charge on any atom is -0.377 e. The zero-order valence-electron chi connectivity index (χ0n) is 26.1. The second-order valence-electron chi connectivity index (χ2n) is 10.6. The van der Waals surface area contributed by atoms with Gasteiger partial charge in [0.05, 0.1) is 20.7 Å². The van der Waals surface area contributed by atoms with Crippen LogP contribution in [0, 0.1) is 6.92 Å². The minimum absolute atomic E-state index is 0.0305. The fourth-order valence-electron chi connectivity index (χ4n) is 5.49. The first-order valence-corrected chi connectivity index (χ1v) is 16.2. The van der Waals surface area contributed by atoms with Gasteiger partial charge in [-0.3, -0.25) is 19.4 Å². The summed E-state index contributed by atoms with van der Waals surface area (Å²) < 4.78 is 58.8. The molecule has 0 saturated heterocycles. The molecule has 3 aromatic rings. The summed E-state index contributed by atoms with van der Waals surface area (Å²) >= 11 is 6.17. The van der Waals surface area contributed by atoms with Crippen molar-refractivity contribution in [3.63, 3.8) is 0 Å². The monoisotopic (exact) mass is 614 g/mol. The van der Waals surface area contributed by atoms with Crippen LogP contribution in [-0.2, 0) is 32.7 Å². The van der Waals surface area contributed by atoms with Crippen molar-refractivity contribution in [2.24, 2.45) is 4.99 Å². The molecule has 42 heavy (non-hydrogen) atoms. The van der Waals surface area contributed by atoms with Crippen molar-refractivity contribution in [1.29, 1.82) is 0 Å². The Kier molecular flexibility index (Phi) is 8.26. The lowest BCUT2D eigenvalue weighted by molar-refractivity contribution is -0.131. The molecule has 1 N–H and O–H groups in total. The molecule has 1 aliphatic carbocycles. The maximum absolute atomic E-state index is 13.9. The van der Waals surface area contributed by atoms with Gasteiger partial charge in [-0.25, -0.2) is 8.42 Å². The SMILES string of the molecule is [2H]C([2H])(c1ccc(-c2ccccc2S(=O)(=O)Nc2noc(C)c2Cl)c(COCC)c1)N1C(=O)C2(CCCC2)N=C1CCCC.